The van der Waals surface area contributed by atoms with E-state index in [0.29, 0.717) is 21.4 Å². The van der Waals surface area contributed by atoms with Gasteiger partial charge in [-0.25, -0.2) is 8.42 Å². The molecule has 0 aliphatic carbocycles. The molecule has 0 saturated carbocycles. The Bertz CT molecular complexity index is 1500. The van der Waals surface area contributed by atoms with Crippen LogP contribution >= 0.6 is 23.2 Å². The number of halogens is 2. The van der Waals surface area contributed by atoms with Crippen molar-refractivity contribution in [2.75, 3.05) is 17.5 Å². The molecule has 3 aromatic carbocycles. The Hall–Kier alpha value is -3.27. The number of hydrogen-bond donors (Lipinski definition) is 1. The van der Waals surface area contributed by atoms with Gasteiger partial charge in [0.05, 0.1) is 17.2 Å². The number of para-hydroxylation sites is 2. The third-order valence-corrected chi connectivity index (χ3v) is 8.86. The number of hydrogen-bond acceptors (Lipinski definition) is 5. The summed E-state index contributed by atoms with van der Waals surface area (Å²) in [7, 11) is -4.25. The monoisotopic (exact) mass is 633 g/mol. The van der Waals surface area contributed by atoms with E-state index in [0.717, 1.165) is 9.87 Å². The first kappa shape index (κ1) is 33.2. The normalized spacial score (nSPS) is 12.4. The van der Waals surface area contributed by atoms with Crippen molar-refractivity contribution in [3.8, 4) is 5.75 Å². The molecule has 3 aromatic rings. The number of carbonyl (C=O) groups is 2. The topological polar surface area (TPSA) is 96.0 Å². The van der Waals surface area contributed by atoms with E-state index in [1.54, 1.807) is 68.4 Å². The molecular formula is C31H37Cl2N3O5S. The minimum absolute atomic E-state index is 0.00595. The number of sulfonamides is 1. The van der Waals surface area contributed by atoms with E-state index in [4.69, 9.17) is 27.9 Å². The highest BCUT2D eigenvalue weighted by molar-refractivity contribution is 7.92. The Labute approximate surface area is 258 Å². The molecule has 0 heterocycles. The SMILES string of the molecule is CCOc1ccccc1N(CC(=O)N(Cc1c(Cl)cccc1Cl)[C@@H](C)C(=O)NC(C)(C)C)S(=O)(=O)c1ccc(C)cc1. The van der Waals surface area contributed by atoms with Gasteiger partial charge in [0, 0.05) is 27.7 Å². The van der Waals surface area contributed by atoms with Crippen molar-refractivity contribution < 1.29 is 22.7 Å². The van der Waals surface area contributed by atoms with E-state index in [1.807, 2.05) is 27.7 Å². The minimum atomic E-state index is -4.25. The summed E-state index contributed by atoms with van der Waals surface area (Å²) in [6.45, 7) is 10.2. The average molecular weight is 635 g/mol. The van der Waals surface area contributed by atoms with Crippen molar-refractivity contribution in [2.24, 2.45) is 0 Å². The van der Waals surface area contributed by atoms with Crippen LogP contribution in [0.5, 0.6) is 5.75 Å². The fraction of sp³-hybridized carbons (Fsp3) is 0.355. The van der Waals surface area contributed by atoms with Crippen LogP contribution in [0.15, 0.2) is 71.6 Å². The van der Waals surface area contributed by atoms with Gasteiger partial charge in [0.25, 0.3) is 10.0 Å². The number of ether oxygens (including phenoxy) is 1. The number of aryl methyl sites for hydroxylation is 1. The van der Waals surface area contributed by atoms with Gasteiger partial charge in [-0.15, -0.1) is 0 Å². The molecule has 226 valence electrons. The molecule has 2 amide bonds. The Morgan fingerprint density at radius 1 is 0.952 bits per heavy atom. The van der Waals surface area contributed by atoms with Gasteiger partial charge in [-0.3, -0.25) is 13.9 Å². The summed E-state index contributed by atoms with van der Waals surface area (Å²) in [5.74, 6) is -0.756. The van der Waals surface area contributed by atoms with Crippen molar-refractivity contribution in [1.29, 1.82) is 0 Å². The van der Waals surface area contributed by atoms with E-state index < -0.39 is 40.0 Å². The lowest BCUT2D eigenvalue weighted by molar-refractivity contribution is -0.140. The molecule has 3 rings (SSSR count). The lowest BCUT2D eigenvalue weighted by atomic mass is 10.1. The number of rotatable bonds is 11. The fourth-order valence-corrected chi connectivity index (χ4v) is 6.14. The van der Waals surface area contributed by atoms with Gasteiger partial charge in [-0.2, -0.15) is 0 Å². The zero-order chi connectivity index (χ0) is 31.2. The molecule has 8 nitrogen and oxygen atoms in total. The van der Waals surface area contributed by atoms with E-state index >= 15 is 0 Å². The van der Waals surface area contributed by atoms with Crippen LogP contribution in [-0.2, 0) is 26.2 Å². The number of amides is 2. The van der Waals surface area contributed by atoms with Gasteiger partial charge in [-0.05, 0) is 77.9 Å². The highest BCUT2D eigenvalue weighted by Crippen LogP contribution is 2.33. The van der Waals surface area contributed by atoms with Crippen LogP contribution < -0.4 is 14.4 Å². The molecule has 42 heavy (non-hydrogen) atoms. The first-order valence-corrected chi connectivity index (χ1v) is 15.7. The highest BCUT2D eigenvalue weighted by atomic mass is 35.5. The standard InChI is InChI=1S/C31H37Cl2N3O5S/c1-7-41-28-14-9-8-13-27(28)36(42(39,40)23-17-15-21(2)16-18-23)20-29(37)35(22(3)30(38)34-31(4,5)6)19-24-25(32)11-10-12-26(24)33/h8-18,22H,7,19-20H2,1-6H3,(H,34,38)/t22-/m0/s1. The summed E-state index contributed by atoms with van der Waals surface area (Å²) in [5, 5.41) is 3.52. The highest BCUT2D eigenvalue weighted by Gasteiger charge is 2.35. The second-order valence-corrected chi connectivity index (χ2v) is 13.5. The van der Waals surface area contributed by atoms with Crippen LogP contribution in [0.25, 0.3) is 0 Å². The van der Waals surface area contributed by atoms with Gasteiger partial charge < -0.3 is 15.0 Å². The summed E-state index contributed by atoms with van der Waals surface area (Å²) < 4.78 is 35.0. The molecule has 0 radical (unpaired) electrons. The maximum atomic E-state index is 14.2. The van der Waals surface area contributed by atoms with Crippen LogP contribution in [0.3, 0.4) is 0 Å². The molecule has 0 saturated heterocycles. The molecule has 0 fully saturated rings. The molecule has 1 atom stereocenters. The number of carbonyl (C=O) groups excluding carboxylic acids is 2. The molecule has 11 heteroatoms. The fourth-order valence-electron chi connectivity index (χ4n) is 4.20. The van der Waals surface area contributed by atoms with Crippen molar-refractivity contribution in [2.45, 2.75) is 64.6 Å². The zero-order valence-electron chi connectivity index (χ0n) is 24.6. The summed E-state index contributed by atoms with van der Waals surface area (Å²) in [6.07, 6.45) is 0. The number of benzene rings is 3. The Balaban J connectivity index is 2.13. The molecule has 0 bridgehead atoms. The molecule has 0 aromatic heterocycles. The van der Waals surface area contributed by atoms with Crippen LogP contribution in [0, 0.1) is 6.92 Å². The van der Waals surface area contributed by atoms with Gasteiger partial charge in [0.1, 0.15) is 18.3 Å². The molecule has 1 N–H and O–H groups in total. The lowest BCUT2D eigenvalue weighted by Gasteiger charge is -2.34. The average Bonchev–Trinajstić information content (AvgIpc) is 2.91. The summed E-state index contributed by atoms with van der Waals surface area (Å²) in [6, 6.07) is 16.9. The molecule has 0 spiro atoms. The predicted octanol–water partition coefficient (Wildman–Crippen LogP) is 6.23. The second kappa shape index (κ2) is 13.8. The first-order valence-electron chi connectivity index (χ1n) is 13.5. The minimum Gasteiger partial charge on any atom is -0.492 e. The predicted molar refractivity (Wildman–Crippen MR) is 168 cm³/mol. The van der Waals surface area contributed by atoms with Crippen LogP contribution in [0.2, 0.25) is 10.0 Å². The zero-order valence-corrected chi connectivity index (χ0v) is 27.0. The quantitative estimate of drug-likeness (QED) is 0.270. The van der Waals surface area contributed by atoms with Crippen LogP contribution in [0.4, 0.5) is 5.69 Å². The van der Waals surface area contributed by atoms with Gasteiger partial charge in [0.2, 0.25) is 11.8 Å². The molecule has 0 unspecified atom stereocenters. The summed E-state index contributed by atoms with van der Waals surface area (Å²) in [5.41, 5.74) is 0.940. The van der Waals surface area contributed by atoms with Crippen molar-refractivity contribution in [1.82, 2.24) is 10.2 Å². The van der Waals surface area contributed by atoms with E-state index in [1.165, 1.54) is 17.0 Å². The maximum absolute atomic E-state index is 14.2. The van der Waals surface area contributed by atoms with Gasteiger partial charge in [0.15, 0.2) is 0 Å². The van der Waals surface area contributed by atoms with Crippen LogP contribution in [-0.4, -0.2) is 49.9 Å². The number of nitrogens with one attached hydrogen (secondary N) is 1. The smallest absolute Gasteiger partial charge is 0.264 e. The molecular weight excluding hydrogens is 597 g/mol. The Kier molecular flexibility index (Phi) is 10.9. The lowest BCUT2D eigenvalue weighted by Crippen LogP contribution is -2.54. The van der Waals surface area contributed by atoms with Crippen molar-refractivity contribution in [3.63, 3.8) is 0 Å². The number of anilines is 1. The van der Waals surface area contributed by atoms with Crippen LogP contribution in [0.1, 0.15) is 45.7 Å². The van der Waals surface area contributed by atoms with E-state index in [-0.39, 0.29) is 23.7 Å². The van der Waals surface area contributed by atoms with Crippen molar-refractivity contribution >= 4 is 50.7 Å². The van der Waals surface area contributed by atoms with Gasteiger partial charge >= 0.3 is 0 Å². The molecule has 0 aliphatic rings. The first-order chi connectivity index (χ1) is 19.7. The summed E-state index contributed by atoms with van der Waals surface area (Å²) in [4.78, 5) is 28.8. The van der Waals surface area contributed by atoms with Crippen molar-refractivity contribution in [3.05, 3.63) is 87.9 Å². The second-order valence-electron chi connectivity index (χ2n) is 10.9. The largest absolute Gasteiger partial charge is 0.492 e. The Morgan fingerprint density at radius 2 is 1.55 bits per heavy atom. The maximum Gasteiger partial charge on any atom is 0.264 e. The van der Waals surface area contributed by atoms with Gasteiger partial charge in [-0.1, -0.05) is 59.1 Å². The number of nitrogens with zero attached hydrogens (tertiary/aromatic N) is 2. The molecule has 0 aliphatic heterocycles. The third kappa shape index (κ3) is 8.18. The third-order valence-electron chi connectivity index (χ3n) is 6.38. The Morgan fingerprint density at radius 3 is 2.12 bits per heavy atom. The van der Waals surface area contributed by atoms with E-state index in [2.05, 4.69) is 5.32 Å². The van der Waals surface area contributed by atoms with E-state index in [9.17, 15) is 18.0 Å². The summed E-state index contributed by atoms with van der Waals surface area (Å²) >= 11 is 12.9.